The molecule has 2 saturated heterocycles. The monoisotopic (exact) mass is 475 g/mol. The number of carbonyl (C=O) groups is 3. The molecule has 35 heavy (non-hydrogen) atoms. The first-order valence-electron chi connectivity index (χ1n) is 12.6. The van der Waals surface area contributed by atoms with Gasteiger partial charge in [0.25, 0.3) is 0 Å². The van der Waals surface area contributed by atoms with Gasteiger partial charge in [-0.05, 0) is 37.1 Å². The molecule has 8 heteroatoms. The molecule has 2 heterocycles. The summed E-state index contributed by atoms with van der Waals surface area (Å²) in [7, 11) is 0. The number of hydrogen-bond donors (Lipinski definition) is 2. The van der Waals surface area contributed by atoms with E-state index in [1.165, 1.54) is 0 Å². The SMILES string of the molecule is O=C1N[C@H]2CCCC[C@H]2N(C(=O)Nc2ccccc2)[C@H]1CC(=O)N1CCN(c2ccccc2)CC1. The Hall–Kier alpha value is -3.55. The van der Waals surface area contributed by atoms with E-state index in [1.54, 1.807) is 4.90 Å². The highest BCUT2D eigenvalue weighted by atomic mass is 16.2. The highest BCUT2D eigenvalue weighted by Gasteiger charge is 2.46. The normalized spacial score (nSPS) is 24.4. The molecular formula is C27H33N5O3. The van der Waals surface area contributed by atoms with E-state index in [1.807, 2.05) is 53.4 Å². The van der Waals surface area contributed by atoms with Crippen LogP contribution in [0.15, 0.2) is 60.7 Å². The van der Waals surface area contributed by atoms with Crippen molar-refractivity contribution in [1.29, 1.82) is 0 Å². The zero-order chi connectivity index (χ0) is 24.2. The lowest BCUT2D eigenvalue weighted by Gasteiger charge is -2.48. The highest BCUT2D eigenvalue weighted by molar-refractivity contribution is 5.97. The number of hydrogen-bond acceptors (Lipinski definition) is 4. The Morgan fingerprint density at radius 3 is 2.26 bits per heavy atom. The third-order valence-electron chi connectivity index (χ3n) is 7.43. The van der Waals surface area contributed by atoms with Gasteiger partial charge < -0.3 is 25.3 Å². The van der Waals surface area contributed by atoms with Crippen LogP contribution in [0.3, 0.4) is 0 Å². The summed E-state index contributed by atoms with van der Waals surface area (Å²) in [5.41, 5.74) is 1.83. The number of nitrogens with zero attached hydrogens (tertiary/aromatic N) is 3. The number of carbonyl (C=O) groups excluding carboxylic acids is 3. The van der Waals surface area contributed by atoms with Crippen molar-refractivity contribution in [1.82, 2.24) is 15.1 Å². The summed E-state index contributed by atoms with van der Waals surface area (Å²) in [5.74, 6) is -0.308. The molecule has 0 bridgehead atoms. The topological polar surface area (TPSA) is 85.0 Å². The number of para-hydroxylation sites is 2. The third kappa shape index (κ3) is 5.11. The number of urea groups is 1. The van der Waals surface area contributed by atoms with Crippen LogP contribution in [0.5, 0.6) is 0 Å². The fraction of sp³-hybridized carbons (Fsp3) is 0.444. The quantitative estimate of drug-likeness (QED) is 0.712. The van der Waals surface area contributed by atoms with Crippen molar-refractivity contribution in [2.24, 2.45) is 0 Å². The van der Waals surface area contributed by atoms with Crippen molar-refractivity contribution in [3.63, 3.8) is 0 Å². The van der Waals surface area contributed by atoms with Crippen LogP contribution < -0.4 is 15.5 Å². The lowest BCUT2D eigenvalue weighted by atomic mass is 9.85. The number of amides is 4. The van der Waals surface area contributed by atoms with Crippen molar-refractivity contribution in [3.05, 3.63) is 60.7 Å². The maximum Gasteiger partial charge on any atom is 0.322 e. The Morgan fingerprint density at radius 1 is 0.886 bits per heavy atom. The molecule has 2 aromatic carbocycles. The molecule has 1 aliphatic carbocycles. The Kier molecular flexibility index (Phi) is 6.88. The molecule has 3 atom stereocenters. The number of fused-ring (bicyclic) bond motifs is 1. The molecule has 1 saturated carbocycles. The summed E-state index contributed by atoms with van der Waals surface area (Å²) in [4.78, 5) is 45.7. The van der Waals surface area contributed by atoms with E-state index in [-0.39, 0.29) is 36.3 Å². The molecule has 0 spiro atoms. The fourth-order valence-electron chi connectivity index (χ4n) is 5.59. The largest absolute Gasteiger partial charge is 0.368 e. The number of anilines is 2. The number of piperazine rings is 2. The van der Waals surface area contributed by atoms with E-state index in [2.05, 4.69) is 27.7 Å². The summed E-state index contributed by atoms with van der Waals surface area (Å²) in [6.45, 7) is 2.69. The Morgan fingerprint density at radius 2 is 1.54 bits per heavy atom. The molecule has 184 valence electrons. The van der Waals surface area contributed by atoms with Crippen molar-refractivity contribution in [3.8, 4) is 0 Å². The van der Waals surface area contributed by atoms with E-state index in [9.17, 15) is 14.4 Å². The van der Waals surface area contributed by atoms with Crippen molar-refractivity contribution in [2.45, 2.75) is 50.2 Å². The van der Waals surface area contributed by atoms with E-state index in [0.29, 0.717) is 18.8 Å². The van der Waals surface area contributed by atoms with Gasteiger partial charge in [-0.1, -0.05) is 49.2 Å². The van der Waals surface area contributed by atoms with Crippen LogP contribution in [0.4, 0.5) is 16.2 Å². The van der Waals surface area contributed by atoms with Gasteiger partial charge in [-0.25, -0.2) is 4.79 Å². The van der Waals surface area contributed by atoms with Crippen LogP contribution in [-0.4, -0.2) is 71.9 Å². The predicted octanol–water partition coefficient (Wildman–Crippen LogP) is 3.07. The minimum atomic E-state index is -0.808. The van der Waals surface area contributed by atoms with Gasteiger partial charge in [0.1, 0.15) is 6.04 Å². The average molecular weight is 476 g/mol. The van der Waals surface area contributed by atoms with Gasteiger partial charge in [-0.3, -0.25) is 9.59 Å². The van der Waals surface area contributed by atoms with Crippen LogP contribution in [0.25, 0.3) is 0 Å². The number of nitrogens with one attached hydrogen (secondary N) is 2. The Bertz CT molecular complexity index is 1040. The first-order chi connectivity index (χ1) is 17.1. The van der Waals surface area contributed by atoms with Gasteiger partial charge in [-0.2, -0.15) is 0 Å². The van der Waals surface area contributed by atoms with E-state index in [0.717, 1.165) is 44.5 Å². The Labute approximate surface area is 206 Å². The molecule has 4 amide bonds. The molecule has 8 nitrogen and oxygen atoms in total. The number of rotatable bonds is 4. The second-order valence-corrected chi connectivity index (χ2v) is 9.59. The first-order valence-corrected chi connectivity index (χ1v) is 12.6. The van der Waals surface area contributed by atoms with Gasteiger partial charge in [0, 0.05) is 43.6 Å². The van der Waals surface area contributed by atoms with E-state index < -0.39 is 6.04 Å². The van der Waals surface area contributed by atoms with Gasteiger partial charge in [-0.15, -0.1) is 0 Å². The molecule has 2 aromatic rings. The van der Waals surface area contributed by atoms with E-state index >= 15 is 0 Å². The zero-order valence-corrected chi connectivity index (χ0v) is 19.9. The molecule has 3 fully saturated rings. The fourth-order valence-corrected chi connectivity index (χ4v) is 5.59. The minimum absolute atomic E-state index is 0.00258. The predicted molar refractivity (Wildman–Crippen MR) is 135 cm³/mol. The van der Waals surface area contributed by atoms with Gasteiger partial charge in [0.05, 0.1) is 12.5 Å². The van der Waals surface area contributed by atoms with Gasteiger partial charge >= 0.3 is 6.03 Å². The average Bonchev–Trinajstić information content (AvgIpc) is 2.90. The summed E-state index contributed by atoms with van der Waals surface area (Å²) in [6, 6.07) is 18.2. The summed E-state index contributed by atoms with van der Waals surface area (Å²) in [5, 5.41) is 6.06. The van der Waals surface area contributed by atoms with Crippen LogP contribution in [0, 0.1) is 0 Å². The third-order valence-corrected chi connectivity index (χ3v) is 7.43. The van der Waals surface area contributed by atoms with Gasteiger partial charge in [0.2, 0.25) is 11.8 Å². The molecule has 2 aliphatic heterocycles. The maximum absolute atomic E-state index is 13.4. The summed E-state index contributed by atoms with van der Waals surface area (Å²) in [6.07, 6.45) is 3.73. The first kappa shape index (κ1) is 23.2. The molecular weight excluding hydrogens is 442 g/mol. The molecule has 2 N–H and O–H groups in total. The standard InChI is InChI=1S/C27H33N5O3/c33-25(31-17-15-30(16-18-31)21-11-5-2-6-12-21)19-24-26(34)29-22-13-7-8-14-23(22)32(24)27(35)28-20-9-3-1-4-10-20/h1-6,9-12,22-24H,7-8,13-19H2,(H,28,35)(H,29,34)/t22-,23+,24-/m0/s1. The summed E-state index contributed by atoms with van der Waals surface area (Å²) < 4.78 is 0. The van der Waals surface area contributed by atoms with Crippen LogP contribution in [0.2, 0.25) is 0 Å². The summed E-state index contributed by atoms with van der Waals surface area (Å²) >= 11 is 0. The van der Waals surface area contributed by atoms with Crippen LogP contribution >= 0.6 is 0 Å². The molecule has 5 rings (SSSR count). The lowest BCUT2D eigenvalue weighted by Crippen LogP contribution is -2.68. The zero-order valence-electron chi connectivity index (χ0n) is 19.9. The molecule has 3 aliphatic rings. The Balaban J connectivity index is 1.28. The lowest BCUT2D eigenvalue weighted by molar-refractivity contribution is -0.140. The van der Waals surface area contributed by atoms with Crippen molar-refractivity contribution >= 4 is 29.2 Å². The molecule has 0 aromatic heterocycles. The number of benzene rings is 2. The molecule has 0 unspecified atom stereocenters. The van der Waals surface area contributed by atoms with Crippen LogP contribution in [-0.2, 0) is 9.59 Å². The second-order valence-electron chi connectivity index (χ2n) is 9.59. The van der Waals surface area contributed by atoms with E-state index in [4.69, 9.17) is 0 Å². The van der Waals surface area contributed by atoms with Gasteiger partial charge in [0.15, 0.2) is 0 Å². The molecule has 0 radical (unpaired) electrons. The smallest absolute Gasteiger partial charge is 0.322 e. The maximum atomic E-state index is 13.4. The highest BCUT2D eigenvalue weighted by Crippen LogP contribution is 2.30. The second kappa shape index (κ2) is 10.4. The van der Waals surface area contributed by atoms with Crippen molar-refractivity contribution in [2.75, 3.05) is 36.4 Å². The van der Waals surface area contributed by atoms with Crippen molar-refractivity contribution < 1.29 is 14.4 Å². The van der Waals surface area contributed by atoms with Crippen LogP contribution in [0.1, 0.15) is 32.1 Å². The minimum Gasteiger partial charge on any atom is -0.368 e.